The normalized spacial score (nSPS) is 14.9. The highest BCUT2D eigenvalue weighted by Crippen LogP contribution is 2.26. The maximum atomic E-state index is 13.8. The topological polar surface area (TPSA) is 113 Å². The largest absolute Gasteiger partial charge is 0.384 e. The van der Waals surface area contributed by atoms with Crippen LogP contribution in [-0.2, 0) is 16.6 Å². The average molecular weight is 426 g/mol. The van der Waals surface area contributed by atoms with E-state index in [9.17, 15) is 12.8 Å². The number of sulfonamides is 1. The fourth-order valence-corrected chi connectivity index (χ4v) is 4.22. The summed E-state index contributed by atoms with van der Waals surface area (Å²) in [5, 5.41) is 0.419. The summed E-state index contributed by atoms with van der Waals surface area (Å²) >= 11 is 5.81. The molecule has 0 fully saturated rings. The molecule has 1 heterocycles. The molecule has 1 aliphatic rings. The fraction of sp³-hybridized carbons (Fsp3) is 0.222. The predicted molar refractivity (Wildman–Crippen MR) is 107 cm³/mol. The molecular formula is C18H21ClFN5O2S. The summed E-state index contributed by atoms with van der Waals surface area (Å²) in [5.74, 6) is 5.43. The second-order valence-electron chi connectivity index (χ2n) is 6.39. The lowest BCUT2D eigenvalue weighted by molar-refractivity contribution is 0.299. The van der Waals surface area contributed by atoms with Gasteiger partial charge in [0.25, 0.3) is 10.0 Å². The minimum absolute atomic E-state index is 0.0270. The lowest BCUT2D eigenvalue weighted by atomic mass is 10.1. The lowest BCUT2D eigenvalue weighted by Crippen LogP contribution is -2.38. The van der Waals surface area contributed by atoms with E-state index in [2.05, 4.69) is 10.1 Å². The summed E-state index contributed by atoms with van der Waals surface area (Å²) in [6.45, 7) is 0.980. The molecule has 0 saturated carbocycles. The molecule has 0 aliphatic carbocycles. The average Bonchev–Trinajstić information content (AvgIpc) is 2.65. The summed E-state index contributed by atoms with van der Waals surface area (Å²) in [7, 11) is -3.91. The molecule has 150 valence electrons. The number of nitrogens with two attached hydrogens (primary N) is 2. The van der Waals surface area contributed by atoms with Crippen molar-refractivity contribution in [3.8, 4) is 0 Å². The molecule has 2 aromatic carbocycles. The zero-order valence-electron chi connectivity index (χ0n) is 15.0. The second kappa shape index (κ2) is 8.26. The molecule has 0 bridgehead atoms. The van der Waals surface area contributed by atoms with Crippen molar-refractivity contribution in [1.29, 1.82) is 0 Å². The Morgan fingerprint density at radius 3 is 2.57 bits per heavy atom. The Kier molecular flexibility index (Phi) is 5.97. The zero-order chi connectivity index (χ0) is 20.3. The van der Waals surface area contributed by atoms with Crippen LogP contribution in [0.5, 0.6) is 0 Å². The van der Waals surface area contributed by atoms with Crippen LogP contribution in [-0.4, -0.2) is 19.9 Å². The van der Waals surface area contributed by atoms with E-state index in [0.29, 0.717) is 29.5 Å². The standard InChI is InChI=1S/C18H21ClFN5O2S/c19-13-4-7-15(8-5-13)28(26,27)24-17-10-14(20)6-3-12(17)11-25-9-1-2-16(23-22)18(25)21/h3-8,10,23-24H,1-2,9,11,21-22H2. The van der Waals surface area contributed by atoms with Crippen LogP contribution in [0.1, 0.15) is 18.4 Å². The van der Waals surface area contributed by atoms with Gasteiger partial charge in [0.2, 0.25) is 0 Å². The van der Waals surface area contributed by atoms with Crippen LogP contribution in [0.25, 0.3) is 0 Å². The third kappa shape index (κ3) is 4.49. The molecule has 0 amide bonds. The Hall–Kier alpha value is -2.49. The van der Waals surface area contributed by atoms with Crippen molar-refractivity contribution in [3.05, 3.63) is 70.4 Å². The molecule has 0 atom stereocenters. The van der Waals surface area contributed by atoms with Gasteiger partial charge in [-0.25, -0.2) is 12.8 Å². The highest BCUT2D eigenvalue weighted by atomic mass is 35.5. The number of benzene rings is 2. The van der Waals surface area contributed by atoms with Gasteiger partial charge < -0.3 is 16.1 Å². The van der Waals surface area contributed by atoms with Crippen LogP contribution < -0.4 is 21.7 Å². The minimum Gasteiger partial charge on any atom is -0.384 e. The Morgan fingerprint density at radius 2 is 1.89 bits per heavy atom. The van der Waals surface area contributed by atoms with Crippen LogP contribution in [0, 0.1) is 5.82 Å². The van der Waals surface area contributed by atoms with Crippen LogP contribution in [0.15, 0.2) is 58.9 Å². The molecule has 10 heteroatoms. The van der Waals surface area contributed by atoms with E-state index < -0.39 is 15.8 Å². The van der Waals surface area contributed by atoms with Crippen LogP contribution in [0.2, 0.25) is 5.02 Å². The number of hydrazine groups is 1. The smallest absolute Gasteiger partial charge is 0.261 e. The molecule has 0 aromatic heterocycles. The summed E-state index contributed by atoms with van der Waals surface area (Å²) in [6.07, 6.45) is 1.57. The van der Waals surface area contributed by atoms with Crippen molar-refractivity contribution in [2.24, 2.45) is 11.6 Å². The highest BCUT2D eigenvalue weighted by molar-refractivity contribution is 7.92. The van der Waals surface area contributed by atoms with Crippen molar-refractivity contribution in [3.63, 3.8) is 0 Å². The van der Waals surface area contributed by atoms with Crippen molar-refractivity contribution in [2.75, 3.05) is 11.3 Å². The van der Waals surface area contributed by atoms with Gasteiger partial charge in [-0.1, -0.05) is 17.7 Å². The van der Waals surface area contributed by atoms with Gasteiger partial charge in [-0.3, -0.25) is 10.6 Å². The first-order chi connectivity index (χ1) is 13.3. The van der Waals surface area contributed by atoms with E-state index in [1.807, 2.05) is 4.90 Å². The van der Waals surface area contributed by atoms with Gasteiger partial charge in [-0.2, -0.15) is 0 Å². The molecule has 0 unspecified atom stereocenters. The fourth-order valence-electron chi connectivity index (χ4n) is 3.00. The van der Waals surface area contributed by atoms with Crippen molar-refractivity contribution < 1.29 is 12.8 Å². The van der Waals surface area contributed by atoms with Gasteiger partial charge in [-0.05, 0) is 54.8 Å². The van der Waals surface area contributed by atoms with Crippen molar-refractivity contribution in [2.45, 2.75) is 24.3 Å². The number of nitrogens with one attached hydrogen (secondary N) is 2. The van der Waals surface area contributed by atoms with Gasteiger partial charge >= 0.3 is 0 Å². The zero-order valence-corrected chi connectivity index (χ0v) is 16.5. The number of anilines is 1. The Labute approximate surface area is 168 Å². The van der Waals surface area contributed by atoms with Crippen LogP contribution >= 0.6 is 11.6 Å². The van der Waals surface area contributed by atoms with E-state index in [4.69, 9.17) is 23.2 Å². The quantitative estimate of drug-likeness (QED) is 0.417. The number of hydrogen-bond donors (Lipinski definition) is 4. The van der Waals surface area contributed by atoms with E-state index >= 15 is 0 Å². The molecule has 3 rings (SSSR count). The van der Waals surface area contributed by atoms with Gasteiger partial charge in [0, 0.05) is 18.1 Å². The number of allylic oxidation sites excluding steroid dienone is 1. The van der Waals surface area contributed by atoms with Gasteiger partial charge in [0.05, 0.1) is 16.3 Å². The first-order valence-electron chi connectivity index (χ1n) is 8.57. The van der Waals surface area contributed by atoms with Crippen molar-refractivity contribution in [1.82, 2.24) is 10.3 Å². The predicted octanol–water partition coefficient (Wildman–Crippen LogP) is 2.47. The molecule has 0 spiro atoms. The third-order valence-electron chi connectivity index (χ3n) is 4.48. The Balaban J connectivity index is 1.90. The summed E-state index contributed by atoms with van der Waals surface area (Å²) in [6, 6.07) is 9.68. The summed E-state index contributed by atoms with van der Waals surface area (Å²) in [4.78, 5) is 1.89. The minimum atomic E-state index is -3.91. The van der Waals surface area contributed by atoms with E-state index in [1.165, 1.54) is 36.4 Å². The lowest BCUT2D eigenvalue weighted by Gasteiger charge is -2.31. The number of hydrogen-bond acceptors (Lipinski definition) is 6. The van der Waals surface area contributed by atoms with Crippen LogP contribution in [0.3, 0.4) is 0 Å². The molecule has 2 aromatic rings. The Morgan fingerprint density at radius 1 is 1.18 bits per heavy atom. The Bertz CT molecular complexity index is 996. The first-order valence-corrected chi connectivity index (χ1v) is 10.4. The molecule has 0 saturated heterocycles. The van der Waals surface area contributed by atoms with Gasteiger partial charge in [0.1, 0.15) is 11.6 Å². The molecule has 0 radical (unpaired) electrons. The number of rotatable bonds is 6. The molecule has 6 N–H and O–H groups in total. The van der Waals surface area contributed by atoms with Crippen molar-refractivity contribution >= 4 is 27.3 Å². The summed E-state index contributed by atoms with van der Waals surface area (Å²) in [5.41, 5.74) is 10.2. The monoisotopic (exact) mass is 425 g/mol. The summed E-state index contributed by atoms with van der Waals surface area (Å²) < 4.78 is 41.6. The molecule has 28 heavy (non-hydrogen) atoms. The first kappa shape index (κ1) is 20.2. The third-order valence-corrected chi connectivity index (χ3v) is 6.11. The highest BCUT2D eigenvalue weighted by Gasteiger charge is 2.21. The molecule has 7 nitrogen and oxygen atoms in total. The van der Waals surface area contributed by atoms with Gasteiger partial charge in [0.15, 0.2) is 0 Å². The molecule has 1 aliphatic heterocycles. The second-order valence-corrected chi connectivity index (χ2v) is 8.51. The molecular weight excluding hydrogens is 405 g/mol. The van der Waals surface area contributed by atoms with Crippen LogP contribution in [0.4, 0.5) is 10.1 Å². The maximum absolute atomic E-state index is 13.8. The number of halogens is 2. The van der Waals surface area contributed by atoms with E-state index in [0.717, 1.165) is 24.6 Å². The van der Waals surface area contributed by atoms with Gasteiger partial charge in [-0.15, -0.1) is 0 Å². The van der Waals surface area contributed by atoms with E-state index in [1.54, 1.807) is 0 Å². The SMILES string of the molecule is NNC1=C(N)N(Cc2ccc(F)cc2NS(=O)(=O)c2ccc(Cl)cc2)CCC1. The number of nitrogens with zero attached hydrogens (tertiary/aromatic N) is 1. The maximum Gasteiger partial charge on any atom is 0.261 e. The van der Waals surface area contributed by atoms with E-state index in [-0.39, 0.29) is 10.6 Å².